The molecule has 2 aliphatic heterocycles. The fourth-order valence-corrected chi connectivity index (χ4v) is 2.51. The van der Waals surface area contributed by atoms with Gasteiger partial charge in [0.15, 0.2) is 12.5 Å². The normalized spacial score (nSPS) is 41.1. The lowest BCUT2D eigenvalue weighted by Gasteiger charge is -2.26. The lowest BCUT2D eigenvalue weighted by atomic mass is 10.2. The number of hydrogen-bond acceptors (Lipinski definition) is 3. The lowest BCUT2D eigenvalue weighted by Crippen LogP contribution is -2.41. The van der Waals surface area contributed by atoms with Crippen LogP contribution in [-0.4, -0.2) is 38.9 Å². The van der Waals surface area contributed by atoms with Gasteiger partial charge in [-0.1, -0.05) is 34.8 Å². The molecule has 2 aliphatic rings. The van der Waals surface area contributed by atoms with Gasteiger partial charge in [0.25, 0.3) is 0 Å². The summed E-state index contributed by atoms with van der Waals surface area (Å²) in [5.74, 6) is 0. The number of aliphatic hydroxyl groups is 1. The predicted molar refractivity (Wildman–Crippen MR) is 50.9 cm³/mol. The van der Waals surface area contributed by atoms with Crippen LogP contribution < -0.4 is 0 Å². The maximum Gasteiger partial charge on any atom is 0.229 e. The number of halogens is 3. The van der Waals surface area contributed by atoms with Gasteiger partial charge in [0.1, 0.15) is 0 Å². The molecular formula is C7H10Cl3NO2. The Morgan fingerprint density at radius 1 is 1.38 bits per heavy atom. The molecule has 2 rings (SSSR count). The van der Waals surface area contributed by atoms with E-state index in [1.165, 1.54) is 0 Å². The van der Waals surface area contributed by atoms with Crippen LogP contribution in [0.3, 0.4) is 0 Å². The monoisotopic (exact) mass is 245 g/mol. The average molecular weight is 247 g/mol. The van der Waals surface area contributed by atoms with E-state index in [2.05, 4.69) is 0 Å². The van der Waals surface area contributed by atoms with Gasteiger partial charge in [-0.05, 0) is 12.8 Å². The number of rotatable bonds is 0. The van der Waals surface area contributed by atoms with E-state index < -0.39 is 16.3 Å². The van der Waals surface area contributed by atoms with E-state index in [1.807, 2.05) is 4.90 Å². The molecule has 0 aromatic rings. The number of hydrogen-bond donors (Lipinski definition) is 1. The highest BCUT2D eigenvalue weighted by molar-refractivity contribution is 6.68. The topological polar surface area (TPSA) is 32.7 Å². The highest BCUT2D eigenvalue weighted by Gasteiger charge is 2.51. The zero-order valence-corrected chi connectivity index (χ0v) is 9.06. The third-order valence-corrected chi connectivity index (χ3v) is 3.08. The Kier molecular flexibility index (Phi) is 2.69. The van der Waals surface area contributed by atoms with Crippen molar-refractivity contribution < 1.29 is 9.84 Å². The smallest absolute Gasteiger partial charge is 0.229 e. The van der Waals surface area contributed by atoms with E-state index in [0.717, 1.165) is 19.4 Å². The fraction of sp³-hybridized carbons (Fsp3) is 1.00. The average Bonchev–Trinajstić information content (AvgIpc) is 2.51. The van der Waals surface area contributed by atoms with Crippen molar-refractivity contribution in [2.24, 2.45) is 0 Å². The van der Waals surface area contributed by atoms with Crippen molar-refractivity contribution in [2.45, 2.75) is 35.2 Å². The SMILES string of the molecule is O[C@H]1OC(C(Cl)(Cl)Cl)N2CCCC12. The molecule has 0 radical (unpaired) electrons. The summed E-state index contributed by atoms with van der Waals surface area (Å²) in [6, 6.07) is 0.000579. The van der Waals surface area contributed by atoms with Crippen molar-refractivity contribution in [1.29, 1.82) is 0 Å². The number of fused-ring (bicyclic) bond motifs is 1. The molecule has 6 heteroatoms. The molecule has 0 aromatic heterocycles. The third-order valence-electron chi connectivity index (χ3n) is 2.52. The lowest BCUT2D eigenvalue weighted by molar-refractivity contribution is -0.103. The Morgan fingerprint density at radius 2 is 2.08 bits per heavy atom. The highest BCUT2D eigenvalue weighted by Crippen LogP contribution is 2.42. The first-order valence-corrected chi connectivity index (χ1v) is 5.29. The minimum Gasteiger partial charge on any atom is -0.367 e. The Morgan fingerprint density at radius 3 is 2.69 bits per heavy atom. The predicted octanol–water partition coefficient (Wildman–Crippen LogP) is 1.50. The van der Waals surface area contributed by atoms with Crippen LogP contribution in [0, 0.1) is 0 Å². The van der Waals surface area contributed by atoms with Crippen molar-refractivity contribution in [3.8, 4) is 0 Å². The molecule has 0 amide bonds. The Balaban J connectivity index is 2.15. The van der Waals surface area contributed by atoms with Crippen LogP contribution in [0.15, 0.2) is 0 Å². The first-order valence-electron chi connectivity index (χ1n) is 4.16. The van der Waals surface area contributed by atoms with Crippen molar-refractivity contribution >= 4 is 34.8 Å². The van der Waals surface area contributed by atoms with Gasteiger partial charge in [0, 0.05) is 6.54 Å². The minimum atomic E-state index is -1.49. The fourth-order valence-electron chi connectivity index (χ4n) is 1.98. The second-order valence-electron chi connectivity index (χ2n) is 3.37. The van der Waals surface area contributed by atoms with Crippen molar-refractivity contribution in [1.82, 2.24) is 4.90 Å². The molecule has 0 aromatic carbocycles. The summed E-state index contributed by atoms with van der Waals surface area (Å²) in [4.78, 5) is 1.91. The summed E-state index contributed by atoms with van der Waals surface area (Å²) in [5, 5.41) is 9.49. The quantitative estimate of drug-likeness (QED) is 0.658. The summed E-state index contributed by atoms with van der Waals surface area (Å²) in [7, 11) is 0. The van der Waals surface area contributed by atoms with E-state index >= 15 is 0 Å². The van der Waals surface area contributed by atoms with Crippen molar-refractivity contribution in [2.75, 3.05) is 6.54 Å². The van der Waals surface area contributed by atoms with Crippen LogP contribution in [0.4, 0.5) is 0 Å². The van der Waals surface area contributed by atoms with Gasteiger partial charge in [-0.25, -0.2) is 0 Å². The molecule has 3 atom stereocenters. The number of aliphatic hydroxyl groups excluding tert-OH is 1. The molecule has 13 heavy (non-hydrogen) atoms. The second kappa shape index (κ2) is 3.40. The molecule has 76 valence electrons. The Bertz CT molecular complexity index is 208. The van der Waals surface area contributed by atoms with Crippen LogP contribution in [0.1, 0.15) is 12.8 Å². The zero-order chi connectivity index (χ0) is 9.64. The largest absolute Gasteiger partial charge is 0.367 e. The van der Waals surface area contributed by atoms with Gasteiger partial charge in [-0.15, -0.1) is 0 Å². The van der Waals surface area contributed by atoms with Gasteiger partial charge in [-0.2, -0.15) is 0 Å². The highest BCUT2D eigenvalue weighted by atomic mass is 35.6. The number of nitrogens with zero attached hydrogens (tertiary/aromatic N) is 1. The van der Waals surface area contributed by atoms with Gasteiger partial charge in [-0.3, -0.25) is 4.90 Å². The molecule has 2 saturated heterocycles. The van der Waals surface area contributed by atoms with E-state index in [-0.39, 0.29) is 6.04 Å². The molecule has 1 N–H and O–H groups in total. The number of ether oxygens (including phenoxy) is 1. The summed E-state index contributed by atoms with van der Waals surface area (Å²) in [6.45, 7) is 0.820. The first kappa shape index (κ1) is 10.3. The minimum absolute atomic E-state index is 0.000579. The van der Waals surface area contributed by atoms with Gasteiger partial charge < -0.3 is 9.84 Å². The molecule has 0 aliphatic carbocycles. The molecule has 2 unspecified atom stereocenters. The molecule has 2 heterocycles. The van der Waals surface area contributed by atoms with Gasteiger partial charge in [0.2, 0.25) is 3.79 Å². The molecule has 2 fully saturated rings. The molecule has 3 nitrogen and oxygen atoms in total. The molecule has 0 saturated carbocycles. The summed E-state index contributed by atoms with van der Waals surface area (Å²) in [5.41, 5.74) is 0. The summed E-state index contributed by atoms with van der Waals surface area (Å²) < 4.78 is 3.69. The van der Waals surface area contributed by atoms with Crippen LogP contribution in [0.25, 0.3) is 0 Å². The van der Waals surface area contributed by atoms with E-state index in [4.69, 9.17) is 39.5 Å². The third kappa shape index (κ3) is 1.78. The maximum absolute atomic E-state index is 9.49. The second-order valence-corrected chi connectivity index (χ2v) is 5.74. The van der Waals surface area contributed by atoms with E-state index in [1.54, 1.807) is 0 Å². The maximum atomic E-state index is 9.49. The summed E-state index contributed by atoms with van der Waals surface area (Å²) >= 11 is 17.2. The van der Waals surface area contributed by atoms with Crippen molar-refractivity contribution in [3.63, 3.8) is 0 Å². The molecule has 0 bridgehead atoms. The van der Waals surface area contributed by atoms with E-state index in [0.29, 0.717) is 0 Å². The standard InChI is InChI=1S/C7H10Cl3NO2/c8-7(9,10)6-11-3-1-2-4(11)5(12)13-6/h4-6,12H,1-3H2/t4?,5-,6?/m0/s1. The van der Waals surface area contributed by atoms with Crippen LogP contribution in [0.2, 0.25) is 0 Å². The van der Waals surface area contributed by atoms with Crippen LogP contribution in [-0.2, 0) is 4.74 Å². The van der Waals surface area contributed by atoms with E-state index in [9.17, 15) is 5.11 Å². The summed E-state index contributed by atoms with van der Waals surface area (Å²) in [6.07, 6.45) is 0.490. The van der Waals surface area contributed by atoms with Crippen LogP contribution in [0.5, 0.6) is 0 Å². The van der Waals surface area contributed by atoms with Crippen molar-refractivity contribution in [3.05, 3.63) is 0 Å². The first-order chi connectivity index (χ1) is 6.00. The zero-order valence-electron chi connectivity index (χ0n) is 6.79. The molecule has 0 spiro atoms. The Labute approximate surface area is 91.5 Å². The Hall–Kier alpha value is 0.750. The van der Waals surface area contributed by atoms with Gasteiger partial charge in [0.05, 0.1) is 6.04 Å². The van der Waals surface area contributed by atoms with Gasteiger partial charge >= 0.3 is 0 Å². The number of alkyl halides is 3. The molecular weight excluding hydrogens is 236 g/mol. The van der Waals surface area contributed by atoms with Crippen LogP contribution >= 0.6 is 34.8 Å².